The zero-order chi connectivity index (χ0) is 10.7. The van der Waals surface area contributed by atoms with Crippen molar-refractivity contribution >= 4 is 11.6 Å². The van der Waals surface area contributed by atoms with E-state index in [-0.39, 0.29) is 0 Å². The molecule has 1 aromatic heterocycles. The van der Waals surface area contributed by atoms with E-state index in [1.165, 1.54) is 19.3 Å². The molecule has 0 aromatic carbocycles. The zero-order valence-corrected chi connectivity index (χ0v) is 9.46. The lowest BCUT2D eigenvalue weighted by atomic mass is 10.2. The second-order valence-electron chi connectivity index (χ2n) is 4.19. The number of anilines is 2. The van der Waals surface area contributed by atoms with Crippen molar-refractivity contribution < 1.29 is 0 Å². The monoisotopic (exact) mass is 205 g/mol. The van der Waals surface area contributed by atoms with Gasteiger partial charge in [0.15, 0.2) is 0 Å². The Morgan fingerprint density at radius 3 is 2.93 bits per heavy atom. The first-order valence-electron chi connectivity index (χ1n) is 5.75. The van der Waals surface area contributed by atoms with Gasteiger partial charge in [-0.2, -0.15) is 0 Å². The standard InChI is InChI=1S/C12H19N3/c1-3-5-9-8-10(9)14-12-7-4-6-11(13-2)15-12/h4,6-7,9-10H,3,5,8H2,1-2H3,(H2,13,14,15). The van der Waals surface area contributed by atoms with Gasteiger partial charge in [-0.1, -0.05) is 19.4 Å². The van der Waals surface area contributed by atoms with Crippen LogP contribution in [0, 0.1) is 5.92 Å². The van der Waals surface area contributed by atoms with Gasteiger partial charge in [0.1, 0.15) is 11.6 Å². The van der Waals surface area contributed by atoms with Gasteiger partial charge in [-0.25, -0.2) is 4.98 Å². The lowest BCUT2D eigenvalue weighted by Crippen LogP contribution is -2.06. The van der Waals surface area contributed by atoms with Gasteiger partial charge in [0.05, 0.1) is 0 Å². The molecule has 1 fully saturated rings. The molecule has 82 valence electrons. The molecule has 2 rings (SSSR count). The van der Waals surface area contributed by atoms with Crippen LogP contribution in [0.2, 0.25) is 0 Å². The Hall–Kier alpha value is -1.25. The molecule has 1 aliphatic rings. The Kier molecular flexibility index (Phi) is 3.09. The van der Waals surface area contributed by atoms with Crippen LogP contribution in [0.5, 0.6) is 0 Å². The summed E-state index contributed by atoms with van der Waals surface area (Å²) in [7, 11) is 1.89. The van der Waals surface area contributed by atoms with Crippen molar-refractivity contribution in [3.05, 3.63) is 18.2 Å². The molecule has 0 amide bonds. The minimum absolute atomic E-state index is 0.657. The molecule has 2 N–H and O–H groups in total. The second kappa shape index (κ2) is 4.51. The quantitative estimate of drug-likeness (QED) is 0.776. The molecule has 0 spiro atoms. The van der Waals surface area contributed by atoms with Gasteiger partial charge in [-0.3, -0.25) is 0 Å². The van der Waals surface area contributed by atoms with Crippen LogP contribution in [0.1, 0.15) is 26.2 Å². The highest BCUT2D eigenvalue weighted by molar-refractivity contribution is 5.46. The van der Waals surface area contributed by atoms with Gasteiger partial charge in [0.25, 0.3) is 0 Å². The smallest absolute Gasteiger partial charge is 0.128 e. The summed E-state index contributed by atoms with van der Waals surface area (Å²) in [6, 6.07) is 6.69. The lowest BCUT2D eigenvalue weighted by molar-refractivity contribution is 0.692. The first-order chi connectivity index (χ1) is 7.33. The predicted octanol–water partition coefficient (Wildman–Crippen LogP) is 2.72. The summed E-state index contributed by atoms with van der Waals surface area (Å²) in [6.07, 6.45) is 3.93. The van der Waals surface area contributed by atoms with Crippen molar-refractivity contribution in [3.8, 4) is 0 Å². The third-order valence-corrected chi connectivity index (χ3v) is 2.92. The van der Waals surface area contributed by atoms with Crippen LogP contribution in [0.3, 0.4) is 0 Å². The maximum Gasteiger partial charge on any atom is 0.128 e. The molecule has 0 aliphatic heterocycles. The lowest BCUT2D eigenvalue weighted by Gasteiger charge is -2.06. The van der Waals surface area contributed by atoms with E-state index < -0.39 is 0 Å². The van der Waals surface area contributed by atoms with Crippen LogP contribution in [-0.2, 0) is 0 Å². The number of aromatic nitrogens is 1. The van der Waals surface area contributed by atoms with Crippen LogP contribution in [0.4, 0.5) is 11.6 Å². The summed E-state index contributed by atoms with van der Waals surface area (Å²) in [5.41, 5.74) is 0. The van der Waals surface area contributed by atoms with Crippen molar-refractivity contribution in [2.45, 2.75) is 32.2 Å². The average Bonchev–Trinajstić information content (AvgIpc) is 2.97. The Bertz CT molecular complexity index is 324. The third kappa shape index (κ3) is 2.61. The van der Waals surface area contributed by atoms with Gasteiger partial charge in [0.2, 0.25) is 0 Å². The molecule has 2 atom stereocenters. The van der Waals surface area contributed by atoms with Crippen LogP contribution in [-0.4, -0.2) is 18.1 Å². The number of hydrogen-bond donors (Lipinski definition) is 2. The van der Waals surface area contributed by atoms with Gasteiger partial charge >= 0.3 is 0 Å². The summed E-state index contributed by atoms with van der Waals surface area (Å²) < 4.78 is 0. The fraction of sp³-hybridized carbons (Fsp3) is 0.583. The van der Waals surface area contributed by atoms with Gasteiger partial charge in [-0.15, -0.1) is 0 Å². The number of hydrogen-bond acceptors (Lipinski definition) is 3. The van der Waals surface area contributed by atoms with Gasteiger partial charge in [0, 0.05) is 13.1 Å². The molecule has 3 nitrogen and oxygen atoms in total. The highest BCUT2D eigenvalue weighted by atomic mass is 15.1. The summed E-state index contributed by atoms with van der Waals surface area (Å²) in [4.78, 5) is 4.44. The predicted molar refractivity (Wildman–Crippen MR) is 64.2 cm³/mol. The Morgan fingerprint density at radius 2 is 2.20 bits per heavy atom. The maximum absolute atomic E-state index is 4.44. The fourth-order valence-corrected chi connectivity index (χ4v) is 1.96. The molecule has 0 radical (unpaired) electrons. The number of pyridine rings is 1. The van der Waals surface area contributed by atoms with Crippen LogP contribution < -0.4 is 10.6 Å². The minimum Gasteiger partial charge on any atom is -0.373 e. The van der Waals surface area contributed by atoms with E-state index in [1.54, 1.807) is 0 Å². The number of nitrogens with zero attached hydrogens (tertiary/aromatic N) is 1. The third-order valence-electron chi connectivity index (χ3n) is 2.92. The van der Waals surface area contributed by atoms with Gasteiger partial charge < -0.3 is 10.6 Å². The van der Waals surface area contributed by atoms with E-state index >= 15 is 0 Å². The van der Waals surface area contributed by atoms with Crippen molar-refractivity contribution in [2.24, 2.45) is 5.92 Å². The molecule has 0 bridgehead atoms. The van der Waals surface area contributed by atoms with Crippen LogP contribution >= 0.6 is 0 Å². The van der Waals surface area contributed by atoms with Crippen molar-refractivity contribution in [1.29, 1.82) is 0 Å². The molecule has 3 heteroatoms. The zero-order valence-electron chi connectivity index (χ0n) is 9.46. The first-order valence-corrected chi connectivity index (χ1v) is 5.75. The van der Waals surface area contributed by atoms with Crippen molar-refractivity contribution in [3.63, 3.8) is 0 Å². The molecule has 1 aromatic rings. The highest BCUT2D eigenvalue weighted by Crippen LogP contribution is 2.36. The van der Waals surface area contributed by atoms with E-state index in [0.717, 1.165) is 17.6 Å². The Balaban J connectivity index is 1.89. The summed E-state index contributed by atoms with van der Waals surface area (Å²) >= 11 is 0. The fourth-order valence-electron chi connectivity index (χ4n) is 1.96. The maximum atomic E-state index is 4.44. The van der Waals surface area contributed by atoms with Gasteiger partial charge in [-0.05, 0) is 30.9 Å². The Morgan fingerprint density at radius 1 is 1.40 bits per heavy atom. The summed E-state index contributed by atoms with van der Waals surface area (Å²) in [5.74, 6) is 2.79. The number of rotatable bonds is 5. The van der Waals surface area contributed by atoms with Crippen LogP contribution in [0.25, 0.3) is 0 Å². The topological polar surface area (TPSA) is 37.0 Å². The minimum atomic E-state index is 0.657. The average molecular weight is 205 g/mol. The number of nitrogens with one attached hydrogen (secondary N) is 2. The van der Waals surface area contributed by atoms with E-state index in [4.69, 9.17) is 0 Å². The highest BCUT2D eigenvalue weighted by Gasteiger charge is 2.35. The Labute approximate surface area is 91.3 Å². The molecule has 2 unspecified atom stereocenters. The SMILES string of the molecule is CCCC1CC1Nc1cccc(NC)n1. The molecular formula is C12H19N3. The molecule has 1 aliphatic carbocycles. The molecule has 15 heavy (non-hydrogen) atoms. The van der Waals surface area contributed by atoms with Crippen molar-refractivity contribution in [2.75, 3.05) is 17.7 Å². The van der Waals surface area contributed by atoms with Crippen LogP contribution in [0.15, 0.2) is 18.2 Å². The molecule has 1 saturated carbocycles. The van der Waals surface area contributed by atoms with E-state index in [2.05, 4.69) is 22.5 Å². The second-order valence-corrected chi connectivity index (χ2v) is 4.19. The normalized spacial score (nSPS) is 23.6. The first kappa shape index (κ1) is 10.3. The summed E-state index contributed by atoms with van der Waals surface area (Å²) in [6.45, 7) is 2.25. The largest absolute Gasteiger partial charge is 0.373 e. The molecule has 1 heterocycles. The van der Waals surface area contributed by atoms with E-state index in [9.17, 15) is 0 Å². The summed E-state index contributed by atoms with van der Waals surface area (Å²) in [5, 5.41) is 6.52. The molecule has 0 saturated heterocycles. The molecular weight excluding hydrogens is 186 g/mol. The van der Waals surface area contributed by atoms with E-state index in [0.29, 0.717) is 6.04 Å². The van der Waals surface area contributed by atoms with E-state index in [1.807, 2.05) is 25.2 Å². The van der Waals surface area contributed by atoms with Crippen molar-refractivity contribution in [1.82, 2.24) is 4.98 Å².